The number of carbonyl (C=O) groups excluding carboxylic acids is 1. The first-order valence-corrected chi connectivity index (χ1v) is 5.28. The Hall–Kier alpha value is -1.46. The molecule has 0 aromatic carbocycles. The number of hydrogen-bond donors (Lipinski definition) is 2. The number of nitrogens with two attached hydrogens (primary N) is 1. The quantitative estimate of drug-likeness (QED) is 0.695. The first-order valence-electron chi connectivity index (χ1n) is 5.28. The summed E-state index contributed by atoms with van der Waals surface area (Å²) < 4.78 is 5.41. The molecule has 1 unspecified atom stereocenters. The largest absolute Gasteiger partial charge is 0.383 e. The zero-order valence-corrected chi connectivity index (χ0v) is 9.19. The minimum Gasteiger partial charge on any atom is -0.383 e. The Morgan fingerprint density at radius 3 is 3.12 bits per heavy atom. The number of rotatable bonds is 2. The van der Waals surface area contributed by atoms with E-state index in [4.69, 9.17) is 10.5 Å². The summed E-state index contributed by atoms with van der Waals surface area (Å²) in [5.74, 6) is 0.189. The predicted octanol–water partition coefficient (Wildman–Crippen LogP) is 0.143. The summed E-state index contributed by atoms with van der Waals surface area (Å²) >= 11 is 0. The molecule has 0 aliphatic carbocycles. The lowest BCUT2D eigenvalue weighted by Crippen LogP contribution is -2.43. The molecule has 1 aromatic heterocycles. The second-order valence-corrected chi connectivity index (χ2v) is 3.82. The second-order valence-electron chi connectivity index (χ2n) is 3.82. The summed E-state index contributed by atoms with van der Waals surface area (Å²) in [6.07, 6.45) is 1.15. The molecule has 16 heavy (non-hydrogen) atoms. The van der Waals surface area contributed by atoms with Gasteiger partial charge in [0.2, 0.25) is 0 Å². The number of ketones is 1. The van der Waals surface area contributed by atoms with Crippen molar-refractivity contribution < 1.29 is 9.53 Å². The zero-order valence-electron chi connectivity index (χ0n) is 9.19. The molecule has 2 heterocycles. The van der Waals surface area contributed by atoms with E-state index in [9.17, 15) is 4.79 Å². The zero-order chi connectivity index (χ0) is 11.5. The molecule has 3 N–H and O–H groups in total. The normalized spacial score (nSPS) is 20.7. The fraction of sp³-hybridized carbons (Fsp3) is 0.455. The van der Waals surface area contributed by atoms with Gasteiger partial charge < -0.3 is 15.8 Å². The van der Waals surface area contributed by atoms with E-state index in [0.717, 1.165) is 12.1 Å². The van der Waals surface area contributed by atoms with Crippen molar-refractivity contribution in [2.24, 2.45) is 0 Å². The van der Waals surface area contributed by atoms with Crippen LogP contribution in [-0.4, -0.2) is 36.6 Å². The van der Waals surface area contributed by atoms with Gasteiger partial charge in [-0.2, -0.15) is 0 Å². The molecule has 2 rings (SSSR count). The summed E-state index contributed by atoms with van der Waals surface area (Å²) in [7, 11) is 0. The second kappa shape index (κ2) is 4.59. The third kappa shape index (κ3) is 2.05. The molecule has 0 saturated carbocycles. The summed E-state index contributed by atoms with van der Waals surface area (Å²) in [6.45, 7) is 3.72. The van der Waals surface area contributed by atoms with Crippen LogP contribution in [0.5, 0.6) is 0 Å². The van der Waals surface area contributed by atoms with Gasteiger partial charge in [0.15, 0.2) is 5.78 Å². The average molecular weight is 221 g/mol. The van der Waals surface area contributed by atoms with Gasteiger partial charge in [0.1, 0.15) is 11.9 Å². The van der Waals surface area contributed by atoms with Crippen LogP contribution in [0.15, 0.2) is 12.3 Å². The number of nitrogens with one attached hydrogen (secondary N) is 1. The van der Waals surface area contributed by atoms with Crippen LogP contribution in [0.1, 0.15) is 15.9 Å². The summed E-state index contributed by atoms with van der Waals surface area (Å²) in [5.41, 5.74) is 7.04. The molecule has 1 saturated heterocycles. The number of anilines is 1. The Kier molecular flexibility index (Phi) is 3.17. The maximum atomic E-state index is 12.2. The van der Waals surface area contributed by atoms with Gasteiger partial charge in [0.25, 0.3) is 0 Å². The highest BCUT2D eigenvalue weighted by Crippen LogP contribution is 2.17. The lowest BCUT2D eigenvalue weighted by molar-refractivity contribution is 0.0269. The van der Waals surface area contributed by atoms with Crippen LogP contribution >= 0.6 is 0 Å². The number of carbonyl (C=O) groups is 1. The Bertz CT molecular complexity index is 380. The van der Waals surface area contributed by atoms with Gasteiger partial charge in [-0.3, -0.25) is 4.79 Å². The van der Waals surface area contributed by atoms with Gasteiger partial charge in [-0.05, 0) is 18.6 Å². The Balaban J connectivity index is 2.26. The van der Waals surface area contributed by atoms with Crippen molar-refractivity contribution in [2.45, 2.75) is 13.0 Å². The van der Waals surface area contributed by atoms with Crippen molar-refractivity contribution in [2.75, 3.05) is 25.4 Å². The molecule has 5 nitrogen and oxygen atoms in total. The molecule has 1 aliphatic rings. The van der Waals surface area contributed by atoms with Gasteiger partial charge in [0, 0.05) is 19.3 Å². The van der Waals surface area contributed by atoms with E-state index in [1.54, 1.807) is 12.3 Å². The van der Waals surface area contributed by atoms with E-state index in [-0.39, 0.29) is 11.6 Å². The van der Waals surface area contributed by atoms with E-state index in [1.807, 2.05) is 6.92 Å². The maximum absolute atomic E-state index is 12.2. The van der Waals surface area contributed by atoms with Gasteiger partial charge in [-0.1, -0.05) is 0 Å². The number of hydrogen-bond acceptors (Lipinski definition) is 5. The first-order chi connectivity index (χ1) is 7.70. The SMILES string of the molecule is Cc1ccnc(N)c1C(=O)C1CNCCO1. The van der Waals surface area contributed by atoms with Crippen molar-refractivity contribution in [1.29, 1.82) is 0 Å². The van der Waals surface area contributed by atoms with Crippen molar-refractivity contribution in [3.05, 3.63) is 23.4 Å². The minimum absolute atomic E-state index is 0.0877. The highest BCUT2D eigenvalue weighted by molar-refractivity contribution is 6.04. The lowest BCUT2D eigenvalue weighted by Gasteiger charge is -2.23. The van der Waals surface area contributed by atoms with E-state index in [1.165, 1.54) is 0 Å². The molecule has 0 bridgehead atoms. The molecule has 0 spiro atoms. The number of aryl methyl sites for hydroxylation is 1. The number of pyridine rings is 1. The highest BCUT2D eigenvalue weighted by atomic mass is 16.5. The standard InChI is InChI=1S/C11H15N3O2/c1-7-2-3-14-11(12)9(7)10(15)8-6-13-4-5-16-8/h2-3,8,13H,4-6H2,1H3,(H2,12,14). The maximum Gasteiger partial charge on any atom is 0.196 e. The molecule has 5 heteroatoms. The molecule has 1 aromatic rings. The molecule has 0 amide bonds. The van der Waals surface area contributed by atoms with Crippen LogP contribution < -0.4 is 11.1 Å². The smallest absolute Gasteiger partial charge is 0.196 e. The van der Waals surface area contributed by atoms with Crippen molar-refractivity contribution in [3.63, 3.8) is 0 Å². The number of ether oxygens (including phenoxy) is 1. The molecule has 1 fully saturated rings. The summed E-state index contributed by atoms with van der Waals surface area (Å²) in [6, 6.07) is 1.78. The fourth-order valence-corrected chi connectivity index (χ4v) is 1.79. The van der Waals surface area contributed by atoms with Crippen LogP contribution in [-0.2, 0) is 4.74 Å². The minimum atomic E-state index is -0.445. The van der Waals surface area contributed by atoms with E-state index in [2.05, 4.69) is 10.3 Å². The van der Waals surface area contributed by atoms with Crippen molar-refractivity contribution in [3.8, 4) is 0 Å². The van der Waals surface area contributed by atoms with Crippen molar-refractivity contribution >= 4 is 11.6 Å². The van der Waals surface area contributed by atoms with Gasteiger partial charge in [-0.15, -0.1) is 0 Å². The lowest BCUT2D eigenvalue weighted by atomic mass is 10.0. The van der Waals surface area contributed by atoms with Gasteiger partial charge in [-0.25, -0.2) is 4.98 Å². The van der Waals surface area contributed by atoms with Crippen LogP contribution in [0.3, 0.4) is 0 Å². The molecular weight excluding hydrogens is 206 g/mol. The van der Waals surface area contributed by atoms with E-state index < -0.39 is 6.10 Å². The molecule has 1 atom stereocenters. The van der Waals surface area contributed by atoms with E-state index in [0.29, 0.717) is 18.7 Å². The molecule has 86 valence electrons. The van der Waals surface area contributed by atoms with Gasteiger partial charge >= 0.3 is 0 Å². The van der Waals surface area contributed by atoms with Crippen LogP contribution in [0, 0.1) is 6.92 Å². The summed E-state index contributed by atoms with van der Waals surface area (Å²) in [4.78, 5) is 16.1. The third-order valence-electron chi connectivity index (χ3n) is 2.66. The van der Waals surface area contributed by atoms with E-state index >= 15 is 0 Å². The van der Waals surface area contributed by atoms with Gasteiger partial charge in [0.05, 0.1) is 12.2 Å². The monoisotopic (exact) mass is 221 g/mol. The number of nitrogens with zero attached hydrogens (tertiary/aromatic N) is 1. The Morgan fingerprint density at radius 1 is 1.69 bits per heavy atom. The highest BCUT2D eigenvalue weighted by Gasteiger charge is 2.26. The number of nitrogen functional groups attached to an aromatic ring is 1. The molecule has 0 radical (unpaired) electrons. The first kappa shape index (κ1) is 11.0. The average Bonchev–Trinajstić information content (AvgIpc) is 2.30. The van der Waals surface area contributed by atoms with Crippen LogP contribution in [0.25, 0.3) is 0 Å². The van der Waals surface area contributed by atoms with Crippen molar-refractivity contribution in [1.82, 2.24) is 10.3 Å². The summed E-state index contributed by atoms with van der Waals surface area (Å²) in [5, 5.41) is 3.12. The fourth-order valence-electron chi connectivity index (χ4n) is 1.79. The number of aromatic nitrogens is 1. The number of morpholine rings is 1. The third-order valence-corrected chi connectivity index (χ3v) is 2.66. The number of Topliss-reactive ketones (excluding diaryl/α,β-unsaturated/α-hetero) is 1. The Labute approximate surface area is 94.0 Å². The van der Waals surface area contributed by atoms with Crippen LogP contribution in [0.2, 0.25) is 0 Å². The van der Waals surface area contributed by atoms with Crippen LogP contribution in [0.4, 0.5) is 5.82 Å². The predicted molar refractivity (Wildman–Crippen MR) is 60.3 cm³/mol. The topological polar surface area (TPSA) is 77.2 Å². The molecular formula is C11H15N3O2. The Morgan fingerprint density at radius 2 is 2.50 bits per heavy atom. The molecule has 1 aliphatic heterocycles.